The first-order valence-corrected chi connectivity index (χ1v) is 9.95. The number of nitrogens with one attached hydrogen (secondary N) is 1. The quantitative estimate of drug-likeness (QED) is 0.529. The SMILES string of the molecule is Cc1ncc(-c2ccc3c(N)ncnn23)cc1NC(=O)N1OCC[C@H]1c1ccccc1. The van der Waals surface area contributed by atoms with Gasteiger partial charge in [0.2, 0.25) is 0 Å². The zero-order chi connectivity index (χ0) is 21.4. The lowest BCUT2D eigenvalue weighted by Gasteiger charge is -2.23. The summed E-state index contributed by atoms with van der Waals surface area (Å²) in [7, 11) is 0. The first-order chi connectivity index (χ1) is 15.1. The van der Waals surface area contributed by atoms with Crippen LogP contribution in [0.2, 0.25) is 0 Å². The van der Waals surface area contributed by atoms with Crippen LogP contribution < -0.4 is 11.1 Å². The minimum atomic E-state index is -0.333. The third-order valence-corrected chi connectivity index (χ3v) is 5.40. The van der Waals surface area contributed by atoms with E-state index in [-0.39, 0.29) is 12.1 Å². The van der Waals surface area contributed by atoms with Crippen LogP contribution in [-0.2, 0) is 4.84 Å². The first kappa shape index (κ1) is 19.0. The number of fused-ring (bicyclic) bond motifs is 1. The molecule has 0 aliphatic carbocycles. The average molecular weight is 415 g/mol. The number of hydrogen-bond donors (Lipinski definition) is 2. The van der Waals surface area contributed by atoms with Gasteiger partial charge in [0.1, 0.15) is 11.8 Å². The molecule has 1 fully saturated rings. The van der Waals surface area contributed by atoms with E-state index >= 15 is 0 Å². The third kappa shape index (κ3) is 3.44. The van der Waals surface area contributed by atoms with Gasteiger partial charge in [-0.25, -0.2) is 14.3 Å². The maximum absolute atomic E-state index is 13.0. The van der Waals surface area contributed by atoms with Crippen molar-refractivity contribution in [3.8, 4) is 11.3 Å². The Labute approximate surface area is 178 Å². The van der Waals surface area contributed by atoms with Crippen LogP contribution in [0.3, 0.4) is 0 Å². The molecule has 0 saturated carbocycles. The third-order valence-electron chi connectivity index (χ3n) is 5.40. The summed E-state index contributed by atoms with van der Waals surface area (Å²) in [5.74, 6) is 0.396. The van der Waals surface area contributed by atoms with Gasteiger partial charge in [-0.2, -0.15) is 10.2 Å². The molecule has 0 bridgehead atoms. The van der Waals surface area contributed by atoms with Gasteiger partial charge >= 0.3 is 6.03 Å². The molecular weight excluding hydrogens is 394 g/mol. The lowest BCUT2D eigenvalue weighted by atomic mass is 10.1. The maximum Gasteiger partial charge on any atom is 0.346 e. The summed E-state index contributed by atoms with van der Waals surface area (Å²) >= 11 is 0. The lowest BCUT2D eigenvalue weighted by molar-refractivity contribution is -0.0829. The molecule has 1 aliphatic rings. The predicted molar refractivity (Wildman–Crippen MR) is 116 cm³/mol. The highest BCUT2D eigenvalue weighted by atomic mass is 16.7. The molecule has 5 rings (SSSR count). The summed E-state index contributed by atoms with van der Waals surface area (Å²) in [6.07, 6.45) is 3.89. The highest BCUT2D eigenvalue weighted by molar-refractivity contribution is 5.90. The number of carbonyl (C=O) groups excluding carboxylic acids is 1. The Kier molecular flexibility index (Phi) is 4.72. The van der Waals surface area contributed by atoms with Gasteiger partial charge in [-0.05, 0) is 30.7 Å². The van der Waals surface area contributed by atoms with Gasteiger partial charge in [-0.15, -0.1) is 0 Å². The monoisotopic (exact) mass is 415 g/mol. The molecule has 0 radical (unpaired) electrons. The summed E-state index contributed by atoms with van der Waals surface area (Å²) in [5, 5.41) is 8.63. The molecule has 0 spiro atoms. The number of aromatic nitrogens is 4. The van der Waals surface area contributed by atoms with Gasteiger partial charge < -0.3 is 11.1 Å². The number of benzene rings is 1. The average Bonchev–Trinajstić information content (AvgIpc) is 3.44. The molecule has 31 heavy (non-hydrogen) atoms. The van der Waals surface area contributed by atoms with E-state index in [1.807, 2.05) is 55.5 Å². The number of nitrogens with two attached hydrogens (primary N) is 1. The Morgan fingerprint density at radius 1 is 1.19 bits per heavy atom. The fourth-order valence-corrected chi connectivity index (χ4v) is 3.79. The Bertz CT molecular complexity index is 1260. The van der Waals surface area contributed by atoms with Crippen molar-refractivity contribution in [2.75, 3.05) is 17.7 Å². The topological polar surface area (TPSA) is 111 Å². The van der Waals surface area contributed by atoms with Crippen molar-refractivity contribution >= 4 is 23.1 Å². The van der Waals surface area contributed by atoms with Gasteiger partial charge in [-0.1, -0.05) is 30.3 Å². The van der Waals surface area contributed by atoms with E-state index in [1.54, 1.807) is 10.7 Å². The molecule has 0 unspecified atom stereocenters. The second-order valence-corrected chi connectivity index (χ2v) is 7.32. The largest absolute Gasteiger partial charge is 0.382 e. The molecule has 4 heterocycles. The lowest BCUT2D eigenvalue weighted by Crippen LogP contribution is -2.33. The van der Waals surface area contributed by atoms with Crippen molar-refractivity contribution in [1.82, 2.24) is 24.6 Å². The highest BCUT2D eigenvalue weighted by Gasteiger charge is 2.32. The van der Waals surface area contributed by atoms with Gasteiger partial charge in [0.25, 0.3) is 0 Å². The Balaban J connectivity index is 1.43. The van der Waals surface area contributed by atoms with E-state index in [2.05, 4.69) is 20.4 Å². The molecule has 1 aromatic carbocycles. The number of urea groups is 1. The van der Waals surface area contributed by atoms with E-state index in [4.69, 9.17) is 10.6 Å². The van der Waals surface area contributed by atoms with Crippen LogP contribution >= 0.6 is 0 Å². The Morgan fingerprint density at radius 2 is 2.03 bits per heavy atom. The van der Waals surface area contributed by atoms with E-state index < -0.39 is 0 Å². The summed E-state index contributed by atoms with van der Waals surface area (Å²) in [6.45, 7) is 2.33. The smallest absolute Gasteiger partial charge is 0.346 e. The first-order valence-electron chi connectivity index (χ1n) is 9.95. The standard InChI is InChI=1S/C22H21N7O2/c1-14-17(27-22(30)29-19(9-10-31-29)15-5-3-2-4-6-15)11-16(12-24-14)18-7-8-20-21(23)25-13-26-28(18)20/h2-8,11-13,19H,9-10H2,1H3,(H,27,30)(H2,23,25,26)/t19-/m0/s1. The second-order valence-electron chi connectivity index (χ2n) is 7.32. The maximum atomic E-state index is 13.0. The fourth-order valence-electron chi connectivity index (χ4n) is 3.79. The van der Waals surface area contributed by atoms with E-state index in [0.717, 1.165) is 23.2 Å². The normalized spacial score (nSPS) is 16.0. The van der Waals surface area contributed by atoms with Crippen molar-refractivity contribution in [3.05, 3.63) is 72.3 Å². The van der Waals surface area contributed by atoms with Crippen molar-refractivity contribution in [3.63, 3.8) is 0 Å². The van der Waals surface area contributed by atoms with Crippen LogP contribution in [-0.4, -0.2) is 37.3 Å². The molecule has 9 heteroatoms. The molecule has 1 saturated heterocycles. The zero-order valence-corrected chi connectivity index (χ0v) is 16.9. The van der Waals surface area contributed by atoms with Crippen LogP contribution in [0.5, 0.6) is 0 Å². The number of rotatable bonds is 3. The van der Waals surface area contributed by atoms with Crippen LogP contribution in [0.25, 0.3) is 16.8 Å². The summed E-state index contributed by atoms with van der Waals surface area (Å²) in [6, 6.07) is 15.0. The number of aryl methyl sites for hydroxylation is 1. The summed E-state index contributed by atoms with van der Waals surface area (Å²) in [4.78, 5) is 27.1. The molecule has 1 aliphatic heterocycles. The molecule has 156 valence electrons. The van der Waals surface area contributed by atoms with Gasteiger partial charge in [-0.3, -0.25) is 9.82 Å². The highest BCUT2D eigenvalue weighted by Crippen LogP contribution is 2.32. The molecule has 3 N–H and O–H groups in total. The zero-order valence-electron chi connectivity index (χ0n) is 16.9. The van der Waals surface area contributed by atoms with Crippen LogP contribution in [0.1, 0.15) is 23.7 Å². The predicted octanol–water partition coefficient (Wildman–Crippen LogP) is 3.59. The number of hydroxylamine groups is 2. The van der Waals surface area contributed by atoms with E-state index in [9.17, 15) is 4.79 Å². The Hall–Kier alpha value is -3.98. The van der Waals surface area contributed by atoms with Crippen LogP contribution in [0.15, 0.2) is 61.1 Å². The number of hydrogen-bond acceptors (Lipinski definition) is 6. The Morgan fingerprint density at radius 3 is 2.87 bits per heavy atom. The summed E-state index contributed by atoms with van der Waals surface area (Å²) < 4.78 is 1.70. The fraction of sp³-hybridized carbons (Fsp3) is 0.182. The second kappa shape index (κ2) is 7.69. The van der Waals surface area contributed by atoms with Gasteiger partial charge in [0.05, 0.1) is 29.7 Å². The molecule has 2 amide bonds. The number of nitrogen functional groups attached to an aromatic ring is 1. The van der Waals surface area contributed by atoms with E-state index in [1.165, 1.54) is 11.4 Å². The molecule has 1 atom stereocenters. The van der Waals surface area contributed by atoms with Crippen LogP contribution in [0, 0.1) is 6.92 Å². The summed E-state index contributed by atoms with van der Waals surface area (Å²) in [5.41, 5.74) is 10.6. The van der Waals surface area contributed by atoms with Crippen molar-refractivity contribution < 1.29 is 9.63 Å². The minimum Gasteiger partial charge on any atom is -0.382 e. The number of carbonyl (C=O) groups is 1. The molecule has 9 nitrogen and oxygen atoms in total. The number of amides is 2. The van der Waals surface area contributed by atoms with Crippen molar-refractivity contribution in [2.24, 2.45) is 0 Å². The molecule has 4 aromatic rings. The van der Waals surface area contributed by atoms with Crippen LogP contribution in [0.4, 0.5) is 16.3 Å². The number of nitrogens with zero attached hydrogens (tertiary/aromatic N) is 5. The number of anilines is 2. The molecular formula is C22H21N7O2. The molecule has 3 aromatic heterocycles. The number of pyridine rings is 1. The van der Waals surface area contributed by atoms with Gasteiger partial charge in [0, 0.05) is 18.2 Å². The van der Waals surface area contributed by atoms with Gasteiger partial charge in [0.15, 0.2) is 5.82 Å². The van der Waals surface area contributed by atoms with Crippen molar-refractivity contribution in [2.45, 2.75) is 19.4 Å². The van der Waals surface area contributed by atoms with E-state index in [0.29, 0.717) is 29.3 Å². The van der Waals surface area contributed by atoms with Crippen molar-refractivity contribution in [1.29, 1.82) is 0 Å². The minimum absolute atomic E-state index is 0.133.